The summed E-state index contributed by atoms with van der Waals surface area (Å²) in [5, 5.41) is 0. The van der Waals surface area contributed by atoms with E-state index in [1.165, 1.54) is 95.7 Å². The summed E-state index contributed by atoms with van der Waals surface area (Å²) in [6.07, 6.45) is 20.2. The molecule has 0 radical (unpaired) electrons. The first-order valence-electron chi connectivity index (χ1n) is 9.85. The summed E-state index contributed by atoms with van der Waals surface area (Å²) >= 11 is 0. The Labute approximate surface area is 172 Å². The van der Waals surface area contributed by atoms with Crippen LogP contribution in [0.4, 0.5) is 0 Å². The number of aromatic nitrogens is 1. The third-order valence-electron chi connectivity index (χ3n) is 4.57. The molecule has 0 spiro atoms. The Morgan fingerprint density at radius 3 is 1.83 bits per heavy atom. The molecule has 0 N–H and O–H groups in total. The topological polar surface area (TPSA) is 3.88 Å². The highest BCUT2D eigenvalue weighted by Crippen LogP contribution is 2.09. The first kappa shape index (κ1) is 26.3. The molecular weight excluding hydrogens is 426 g/mol. The molecule has 0 amide bonds. The number of nitrogens with zero attached hydrogens (tertiary/aromatic N) is 1. The van der Waals surface area contributed by atoms with Crippen LogP contribution in [0.25, 0.3) is 0 Å². The highest BCUT2D eigenvalue weighted by molar-refractivity contribution is 8.93. The SMILES string of the molecule is Br.Br.CCCCCCCCc1cccc[n+]1CCCCCCCC. The highest BCUT2D eigenvalue weighted by atomic mass is 79.9. The van der Waals surface area contributed by atoms with Gasteiger partial charge in [0.2, 0.25) is 0 Å². The minimum absolute atomic E-state index is 0. The number of aryl methyl sites for hydroxylation is 2. The second-order valence-electron chi connectivity index (χ2n) is 6.67. The first-order valence-corrected chi connectivity index (χ1v) is 9.85. The molecule has 142 valence electrons. The van der Waals surface area contributed by atoms with Gasteiger partial charge in [0.25, 0.3) is 0 Å². The molecular formula is C21H40Br2N+. The summed E-state index contributed by atoms with van der Waals surface area (Å²) in [4.78, 5) is 0. The molecule has 0 fully saturated rings. The Morgan fingerprint density at radius 1 is 0.667 bits per heavy atom. The van der Waals surface area contributed by atoms with E-state index in [1.807, 2.05) is 0 Å². The Bertz CT molecular complexity index is 334. The van der Waals surface area contributed by atoms with Gasteiger partial charge in [0, 0.05) is 25.0 Å². The first-order chi connectivity index (χ1) is 10.9. The van der Waals surface area contributed by atoms with E-state index in [9.17, 15) is 0 Å². The van der Waals surface area contributed by atoms with E-state index in [4.69, 9.17) is 0 Å². The van der Waals surface area contributed by atoms with Crippen LogP contribution >= 0.6 is 34.0 Å². The fourth-order valence-electron chi connectivity index (χ4n) is 3.11. The van der Waals surface area contributed by atoms with Crippen LogP contribution in [0.3, 0.4) is 0 Å². The average molecular weight is 466 g/mol. The van der Waals surface area contributed by atoms with Gasteiger partial charge in [0.1, 0.15) is 6.54 Å². The van der Waals surface area contributed by atoms with E-state index in [1.54, 1.807) is 0 Å². The Hall–Kier alpha value is 0.110. The Morgan fingerprint density at radius 2 is 1.21 bits per heavy atom. The largest absolute Gasteiger partial charge is 0.202 e. The fraction of sp³-hybridized carbons (Fsp3) is 0.762. The lowest BCUT2D eigenvalue weighted by molar-refractivity contribution is -0.704. The zero-order chi connectivity index (χ0) is 15.9. The second kappa shape index (κ2) is 19.4. The summed E-state index contributed by atoms with van der Waals surface area (Å²) in [5.74, 6) is 0. The molecule has 24 heavy (non-hydrogen) atoms. The molecule has 0 saturated heterocycles. The van der Waals surface area contributed by atoms with Crippen molar-refractivity contribution < 1.29 is 4.57 Å². The molecule has 0 aliphatic rings. The second-order valence-corrected chi connectivity index (χ2v) is 6.67. The molecule has 0 aliphatic heterocycles. The van der Waals surface area contributed by atoms with E-state index < -0.39 is 0 Å². The maximum Gasteiger partial charge on any atom is 0.181 e. The number of halogens is 2. The zero-order valence-electron chi connectivity index (χ0n) is 16.0. The van der Waals surface area contributed by atoms with E-state index in [2.05, 4.69) is 42.8 Å². The van der Waals surface area contributed by atoms with Crippen LogP contribution in [-0.2, 0) is 13.0 Å². The fourth-order valence-corrected chi connectivity index (χ4v) is 3.11. The summed E-state index contributed by atoms with van der Waals surface area (Å²) < 4.78 is 2.49. The number of pyridine rings is 1. The standard InChI is InChI=1S/C21H38N.2BrH/c1-3-5-7-9-11-13-17-21-18-14-16-20-22(21)19-15-12-10-8-6-4-2;;/h14,16,18,20H,3-13,15,17,19H2,1-2H3;2*1H/q+1;;. The van der Waals surface area contributed by atoms with Gasteiger partial charge in [-0.1, -0.05) is 77.7 Å². The molecule has 0 bridgehead atoms. The van der Waals surface area contributed by atoms with Crippen molar-refractivity contribution >= 4 is 34.0 Å². The van der Waals surface area contributed by atoms with Crippen LogP contribution in [0, 0.1) is 0 Å². The molecule has 1 heterocycles. The molecule has 0 aromatic carbocycles. The van der Waals surface area contributed by atoms with Gasteiger partial charge in [-0.15, -0.1) is 34.0 Å². The van der Waals surface area contributed by atoms with E-state index in [-0.39, 0.29) is 34.0 Å². The monoisotopic (exact) mass is 464 g/mol. The maximum absolute atomic E-state index is 2.49. The van der Waals surface area contributed by atoms with Crippen molar-refractivity contribution in [3.63, 3.8) is 0 Å². The van der Waals surface area contributed by atoms with Crippen molar-refractivity contribution in [2.75, 3.05) is 0 Å². The van der Waals surface area contributed by atoms with E-state index >= 15 is 0 Å². The molecule has 0 aliphatic carbocycles. The van der Waals surface area contributed by atoms with Gasteiger partial charge < -0.3 is 0 Å². The number of hydrogen-bond donors (Lipinski definition) is 0. The lowest BCUT2D eigenvalue weighted by atomic mass is 10.1. The zero-order valence-corrected chi connectivity index (χ0v) is 19.4. The van der Waals surface area contributed by atoms with Gasteiger partial charge in [0.15, 0.2) is 11.9 Å². The van der Waals surface area contributed by atoms with Gasteiger partial charge in [-0.25, -0.2) is 4.57 Å². The van der Waals surface area contributed by atoms with E-state index in [0.717, 1.165) is 0 Å². The van der Waals surface area contributed by atoms with Crippen molar-refractivity contribution in [1.82, 2.24) is 0 Å². The van der Waals surface area contributed by atoms with Crippen LogP contribution in [0.1, 0.15) is 96.6 Å². The predicted octanol–water partition coefficient (Wildman–Crippen LogP) is 7.39. The van der Waals surface area contributed by atoms with Crippen molar-refractivity contribution in [3.05, 3.63) is 30.1 Å². The third-order valence-corrected chi connectivity index (χ3v) is 4.57. The van der Waals surface area contributed by atoms with Crippen molar-refractivity contribution in [2.45, 2.75) is 104 Å². The molecule has 1 nitrogen and oxygen atoms in total. The Kier molecular flexibility index (Phi) is 21.3. The molecule has 1 aromatic rings. The lowest BCUT2D eigenvalue weighted by Gasteiger charge is -2.05. The molecule has 0 saturated carbocycles. The van der Waals surface area contributed by atoms with Gasteiger partial charge in [-0.2, -0.15) is 0 Å². The maximum atomic E-state index is 2.49. The minimum Gasteiger partial charge on any atom is -0.202 e. The van der Waals surface area contributed by atoms with Crippen LogP contribution in [0.15, 0.2) is 24.4 Å². The predicted molar refractivity (Wildman–Crippen MR) is 118 cm³/mol. The minimum atomic E-state index is 0. The molecule has 3 heteroatoms. The van der Waals surface area contributed by atoms with Crippen LogP contribution in [0.5, 0.6) is 0 Å². The van der Waals surface area contributed by atoms with Crippen molar-refractivity contribution in [3.8, 4) is 0 Å². The van der Waals surface area contributed by atoms with Gasteiger partial charge >= 0.3 is 0 Å². The van der Waals surface area contributed by atoms with Gasteiger partial charge in [-0.05, 0) is 12.8 Å². The number of hydrogen-bond acceptors (Lipinski definition) is 0. The highest BCUT2D eigenvalue weighted by Gasteiger charge is 2.08. The van der Waals surface area contributed by atoms with Crippen molar-refractivity contribution in [2.24, 2.45) is 0 Å². The third kappa shape index (κ3) is 13.4. The number of unbranched alkanes of at least 4 members (excludes halogenated alkanes) is 10. The van der Waals surface area contributed by atoms with Crippen LogP contribution in [0.2, 0.25) is 0 Å². The van der Waals surface area contributed by atoms with Crippen LogP contribution in [-0.4, -0.2) is 0 Å². The molecule has 0 atom stereocenters. The van der Waals surface area contributed by atoms with Gasteiger partial charge in [0.05, 0.1) is 0 Å². The smallest absolute Gasteiger partial charge is 0.181 e. The summed E-state index contributed by atoms with van der Waals surface area (Å²) in [6.45, 7) is 5.78. The van der Waals surface area contributed by atoms with Crippen molar-refractivity contribution in [1.29, 1.82) is 0 Å². The van der Waals surface area contributed by atoms with E-state index in [0.29, 0.717) is 0 Å². The molecule has 0 unspecified atom stereocenters. The normalized spacial score (nSPS) is 10.1. The van der Waals surface area contributed by atoms with Crippen LogP contribution < -0.4 is 4.57 Å². The summed E-state index contributed by atoms with van der Waals surface area (Å²) in [6, 6.07) is 6.70. The van der Waals surface area contributed by atoms with Gasteiger partial charge in [-0.3, -0.25) is 0 Å². The molecule has 1 rings (SSSR count). The average Bonchev–Trinajstić information content (AvgIpc) is 2.55. The Balaban J connectivity index is 0. The molecule has 1 aromatic heterocycles. The lowest BCUT2D eigenvalue weighted by Crippen LogP contribution is -2.37. The quantitative estimate of drug-likeness (QED) is 0.199. The number of rotatable bonds is 14. The summed E-state index contributed by atoms with van der Waals surface area (Å²) in [5.41, 5.74) is 1.53. The summed E-state index contributed by atoms with van der Waals surface area (Å²) in [7, 11) is 0.